The molecule has 4 nitrogen and oxygen atoms in total. The van der Waals surface area contributed by atoms with E-state index in [-0.39, 0.29) is 5.91 Å². The van der Waals surface area contributed by atoms with Crippen LogP contribution in [0.2, 0.25) is 0 Å². The fraction of sp³-hybridized carbons (Fsp3) is 0.308. The second kappa shape index (κ2) is 5.73. The van der Waals surface area contributed by atoms with E-state index < -0.39 is 0 Å². The van der Waals surface area contributed by atoms with Gasteiger partial charge < -0.3 is 5.32 Å². The van der Waals surface area contributed by atoms with Gasteiger partial charge in [0.25, 0.3) is 0 Å². The molecule has 0 aliphatic heterocycles. The van der Waals surface area contributed by atoms with E-state index in [0.29, 0.717) is 11.6 Å². The summed E-state index contributed by atoms with van der Waals surface area (Å²) in [7, 11) is 0. The Morgan fingerprint density at radius 2 is 2.17 bits per heavy atom. The topological polar surface area (TPSA) is 54.9 Å². The second-order valence-corrected chi connectivity index (χ2v) is 5.35. The van der Waals surface area contributed by atoms with E-state index >= 15 is 0 Å². The molecule has 0 aliphatic carbocycles. The highest BCUT2D eigenvalue weighted by molar-refractivity contribution is 7.15. The summed E-state index contributed by atoms with van der Waals surface area (Å²) >= 11 is 1.39. The van der Waals surface area contributed by atoms with E-state index in [9.17, 15) is 4.79 Å². The minimum atomic E-state index is -0.0207. The lowest BCUT2D eigenvalue weighted by atomic mass is 10.1. The Labute approximate surface area is 110 Å². The fourth-order valence-corrected chi connectivity index (χ4v) is 2.26. The molecule has 0 fully saturated rings. The van der Waals surface area contributed by atoms with Gasteiger partial charge in [0.2, 0.25) is 11.0 Å². The molecule has 2 rings (SSSR count). The van der Waals surface area contributed by atoms with E-state index in [1.165, 1.54) is 22.5 Å². The van der Waals surface area contributed by atoms with Crippen molar-refractivity contribution in [1.82, 2.24) is 10.2 Å². The Balaban J connectivity index is 1.85. The van der Waals surface area contributed by atoms with Crippen molar-refractivity contribution in [3.05, 3.63) is 40.4 Å². The molecule has 0 radical (unpaired) electrons. The van der Waals surface area contributed by atoms with Crippen molar-refractivity contribution >= 4 is 22.4 Å². The van der Waals surface area contributed by atoms with Crippen molar-refractivity contribution in [2.75, 3.05) is 5.32 Å². The number of hydrogen-bond acceptors (Lipinski definition) is 4. The van der Waals surface area contributed by atoms with Gasteiger partial charge in [-0.05, 0) is 25.8 Å². The van der Waals surface area contributed by atoms with Crippen molar-refractivity contribution in [3.63, 3.8) is 0 Å². The lowest BCUT2D eigenvalue weighted by Crippen LogP contribution is -2.12. The van der Waals surface area contributed by atoms with Gasteiger partial charge in [0.15, 0.2) is 0 Å². The summed E-state index contributed by atoms with van der Waals surface area (Å²) in [5, 5.41) is 11.9. The predicted molar refractivity (Wildman–Crippen MR) is 72.8 cm³/mol. The SMILES string of the molecule is Cc1cccc(CCC(=O)Nc2nnc(C)s2)c1. The number of hydrogen-bond donors (Lipinski definition) is 1. The first-order chi connectivity index (χ1) is 8.63. The number of nitrogens with zero attached hydrogens (tertiary/aromatic N) is 2. The molecule has 18 heavy (non-hydrogen) atoms. The normalized spacial score (nSPS) is 10.3. The number of carbonyl (C=O) groups is 1. The van der Waals surface area contributed by atoms with Gasteiger partial charge in [-0.25, -0.2) is 0 Å². The van der Waals surface area contributed by atoms with E-state index in [1.807, 2.05) is 32.0 Å². The van der Waals surface area contributed by atoms with Crippen LogP contribution in [0.25, 0.3) is 0 Å². The average molecular weight is 261 g/mol. The number of amides is 1. The monoisotopic (exact) mass is 261 g/mol. The van der Waals surface area contributed by atoms with E-state index in [1.54, 1.807) is 0 Å². The second-order valence-electron chi connectivity index (χ2n) is 4.16. The maximum Gasteiger partial charge on any atom is 0.226 e. The first-order valence-corrected chi connectivity index (χ1v) is 6.60. The van der Waals surface area contributed by atoms with Gasteiger partial charge in [-0.15, -0.1) is 10.2 Å². The van der Waals surface area contributed by atoms with Gasteiger partial charge >= 0.3 is 0 Å². The number of anilines is 1. The summed E-state index contributed by atoms with van der Waals surface area (Å²) in [4.78, 5) is 11.7. The Morgan fingerprint density at radius 1 is 1.33 bits per heavy atom. The van der Waals surface area contributed by atoms with Crippen LogP contribution in [0.3, 0.4) is 0 Å². The van der Waals surface area contributed by atoms with Gasteiger partial charge in [0.05, 0.1) is 0 Å². The standard InChI is InChI=1S/C13H15N3OS/c1-9-4-3-5-11(8-9)6-7-12(17)14-13-16-15-10(2)18-13/h3-5,8H,6-7H2,1-2H3,(H,14,16,17). The Bertz CT molecular complexity index is 551. The quantitative estimate of drug-likeness (QED) is 0.920. The van der Waals surface area contributed by atoms with E-state index in [4.69, 9.17) is 0 Å². The number of rotatable bonds is 4. The Morgan fingerprint density at radius 3 is 2.83 bits per heavy atom. The third-order valence-corrected chi connectivity index (χ3v) is 3.25. The van der Waals surface area contributed by atoms with Crippen LogP contribution >= 0.6 is 11.3 Å². The summed E-state index contributed by atoms with van der Waals surface area (Å²) in [5.41, 5.74) is 2.39. The van der Waals surface area contributed by atoms with E-state index in [2.05, 4.69) is 21.6 Å². The lowest BCUT2D eigenvalue weighted by Gasteiger charge is -2.02. The molecule has 2 aromatic rings. The zero-order valence-electron chi connectivity index (χ0n) is 10.4. The van der Waals surface area contributed by atoms with Crippen LogP contribution < -0.4 is 5.32 Å². The largest absolute Gasteiger partial charge is 0.301 e. The van der Waals surface area contributed by atoms with Gasteiger partial charge in [-0.2, -0.15) is 0 Å². The smallest absolute Gasteiger partial charge is 0.226 e. The molecule has 1 N–H and O–H groups in total. The van der Waals surface area contributed by atoms with Crippen LogP contribution in [0.15, 0.2) is 24.3 Å². The van der Waals surface area contributed by atoms with Crippen molar-refractivity contribution in [2.24, 2.45) is 0 Å². The third kappa shape index (κ3) is 3.63. The van der Waals surface area contributed by atoms with Crippen molar-refractivity contribution in [3.8, 4) is 0 Å². The highest BCUT2D eigenvalue weighted by atomic mass is 32.1. The number of aromatic nitrogens is 2. The van der Waals surface area contributed by atoms with Crippen molar-refractivity contribution in [1.29, 1.82) is 0 Å². The molecule has 0 atom stereocenters. The summed E-state index contributed by atoms with van der Waals surface area (Å²) in [6, 6.07) is 8.20. The molecule has 5 heteroatoms. The van der Waals surface area contributed by atoms with E-state index in [0.717, 1.165) is 11.4 Å². The van der Waals surface area contributed by atoms with Gasteiger partial charge in [0, 0.05) is 6.42 Å². The minimum absolute atomic E-state index is 0.0207. The fourth-order valence-electron chi connectivity index (χ4n) is 1.65. The van der Waals surface area contributed by atoms with Gasteiger partial charge in [-0.1, -0.05) is 41.2 Å². The molecule has 0 saturated heterocycles. The highest BCUT2D eigenvalue weighted by Gasteiger charge is 2.06. The molecule has 94 valence electrons. The van der Waals surface area contributed by atoms with Crippen LogP contribution in [0, 0.1) is 13.8 Å². The number of benzene rings is 1. The molecule has 1 heterocycles. The summed E-state index contributed by atoms with van der Waals surface area (Å²) in [6.45, 7) is 3.91. The highest BCUT2D eigenvalue weighted by Crippen LogP contribution is 2.14. The van der Waals surface area contributed by atoms with Crippen LogP contribution in [0.1, 0.15) is 22.6 Å². The Hall–Kier alpha value is -1.75. The first-order valence-electron chi connectivity index (χ1n) is 5.79. The zero-order chi connectivity index (χ0) is 13.0. The molecular weight excluding hydrogens is 246 g/mol. The molecule has 1 aromatic carbocycles. The number of carbonyl (C=O) groups excluding carboxylic acids is 1. The molecule has 0 unspecified atom stereocenters. The maximum absolute atomic E-state index is 11.7. The van der Waals surface area contributed by atoms with Crippen LogP contribution in [-0.4, -0.2) is 16.1 Å². The summed E-state index contributed by atoms with van der Waals surface area (Å²) < 4.78 is 0. The summed E-state index contributed by atoms with van der Waals surface area (Å²) in [6.07, 6.45) is 1.20. The molecule has 1 amide bonds. The van der Waals surface area contributed by atoms with Crippen LogP contribution in [-0.2, 0) is 11.2 Å². The average Bonchev–Trinajstić information content (AvgIpc) is 2.72. The third-order valence-electron chi connectivity index (χ3n) is 2.50. The molecular formula is C13H15N3OS. The molecule has 0 aliphatic rings. The zero-order valence-corrected chi connectivity index (χ0v) is 11.3. The molecule has 1 aromatic heterocycles. The van der Waals surface area contributed by atoms with Gasteiger partial charge in [-0.3, -0.25) is 4.79 Å². The predicted octanol–water partition coefficient (Wildman–Crippen LogP) is 2.73. The van der Waals surface area contributed by atoms with Crippen LogP contribution in [0.5, 0.6) is 0 Å². The van der Waals surface area contributed by atoms with Gasteiger partial charge in [0.1, 0.15) is 5.01 Å². The summed E-state index contributed by atoms with van der Waals surface area (Å²) in [5.74, 6) is -0.0207. The maximum atomic E-state index is 11.7. The molecule has 0 spiro atoms. The van der Waals surface area contributed by atoms with Crippen molar-refractivity contribution in [2.45, 2.75) is 26.7 Å². The first kappa shape index (κ1) is 12.7. The lowest BCUT2D eigenvalue weighted by molar-refractivity contribution is -0.116. The number of nitrogens with one attached hydrogen (secondary N) is 1. The van der Waals surface area contributed by atoms with Crippen molar-refractivity contribution < 1.29 is 4.79 Å². The van der Waals surface area contributed by atoms with Crippen LogP contribution in [0.4, 0.5) is 5.13 Å². The Kier molecular flexibility index (Phi) is 4.04. The molecule has 0 saturated carbocycles. The molecule has 0 bridgehead atoms. The minimum Gasteiger partial charge on any atom is -0.301 e. The number of aryl methyl sites for hydroxylation is 3.